The van der Waals surface area contributed by atoms with Gasteiger partial charge in [-0.1, -0.05) is 65.7 Å². The van der Waals surface area contributed by atoms with Crippen molar-refractivity contribution in [3.63, 3.8) is 0 Å². The lowest BCUT2D eigenvalue weighted by Gasteiger charge is -2.20. The first kappa shape index (κ1) is 21.6. The van der Waals surface area contributed by atoms with Crippen LogP contribution in [0.5, 0.6) is 0 Å². The number of benzene rings is 4. The number of halogens is 2. The standard InChI is InChI=1S/C24H16Cl2O.C4H4N2/c25-14-8-9-19(23(26)12-14)22-13-21-17-6-3-7-24(27)20(17)11-10-18(21)15-4-1-2-5-16(15)22;1-2-6-4-3-5-1/h1-2,4-5,8-13H,3,6-7H2;1-4H. The highest BCUT2D eigenvalue weighted by Gasteiger charge is 2.21. The first-order chi connectivity index (χ1) is 16.1. The Hall–Kier alpha value is -3.27. The zero-order valence-corrected chi connectivity index (χ0v) is 19.3. The van der Waals surface area contributed by atoms with E-state index in [9.17, 15) is 4.79 Å². The van der Waals surface area contributed by atoms with Crippen molar-refractivity contribution in [1.82, 2.24) is 9.97 Å². The van der Waals surface area contributed by atoms with Crippen LogP contribution in [-0.2, 0) is 6.42 Å². The van der Waals surface area contributed by atoms with E-state index in [4.69, 9.17) is 23.2 Å². The summed E-state index contributed by atoms with van der Waals surface area (Å²) in [7, 11) is 0. The summed E-state index contributed by atoms with van der Waals surface area (Å²) >= 11 is 12.7. The summed E-state index contributed by atoms with van der Waals surface area (Å²) in [4.78, 5) is 19.8. The average Bonchev–Trinajstić information content (AvgIpc) is 2.85. The van der Waals surface area contributed by atoms with Crippen LogP contribution in [0.1, 0.15) is 28.8 Å². The van der Waals surface area contributed by atoms with Gasteiger partial charge < -0.3 is 0 Å². The molecule has 0 radical (unpaired) electrons. The van der Waals surface area contributed by atoms with Crippen molar-refractivity contribution in [3.8, 4) is 11.1 Å². The molecule has 0 unspecified atom stereocenters. The van der Waals surface area contributed by atoms with E-state index >= 15 is 0 Å². The first-order valence-corrected chi connectivity index (χ1v) is 11.5. The van der Waals surface area contributed by atoms with Crippen molar-refractivity contribution in [3.05, 3.63) is 107 Å². The number of rotatable bonds is 1. The highest BCUT2D eigenvalue weighted by molar-refractivity contribution is 6.37. The molecule has 1 aromatic heterocycles. The molecule has 4 aromatic carbocycles. The fraction of sp³-hybridized carbons (Fsp3) is 0.107. The van der Waals surface area contributed by atoms with E-state index < -0.39 is 0 Å². The SMILES string of the molecule is O=C1CCCc2c1ccc1c2cc(-c2ccc(Cl)cc2Cl)c2ccccc21.c1cnccn1. The number of aryl methyl sites for hydroxylation is 1. The Morgan fingerprint density at radius 3 is 2.00 bits per heavy atom. The molecule has 0 aliphatic heterocycles. The zero-order chi connectivity index (χ0) is 22.8. The Morgan fingerprint density at radius 2 is 1.30 bits per heavy atom. The first-order valence-electron chi connectivity index (χ1n) is 10.8. The van der Waals surface area contributed by atoms with Crippen molar-refractivity contribution in [2.24, 2.45) is 0 Å². The van der Waals surface area contributed by atoms with Crippen molar-refractivity contribution >= 4 is 50.5 Å². The lowest BCUT2D eigenvalue weighted by atomic mass is 9.84. The second-order valence-electron chi connectivity index (χ2n) is 7.95. The minimum atomic E-state index is 0.248. The molecule has 0 fully saturated rings. The normalized spacial score (nSPS) is 12.8. The average molecular weight is 471 g/mol. The van der Waals surface area contributed by atoms with Crippen LogP contribution >= 0.6 is 23.2 Å². The Labute approximate surface area is 202 Å². The number of Topliss-reactive ketones (excluding diaryl/α,β-unsaturated/α-hetero) is 1. The topological polar surface area (TPSA) is 42.9 Å². The number of hydrogen-bond acceptors (Lipinski definition) is 3. The molecule has 0 N–H and O–H groups in total. The molecule has 6 rings (SSSR count). The molecular formula is C28H20Cl2N2O. The predicted octanol–water partition coefficient (Wildman–Crippen LogP) is 7.96. The van der Waals surface area contributed by atoms with E-state index in [-0.39, 0.29) is 5.78 Å². The van der Waals surface area contributed by atoms with Gasteiger partial charge in [0.1, 0.15) is 0 Å². The molecule has 1 heterocycles. The number of hydrogen-bond donors (Lipinski definition) is 0. The summed E-state index contributed by atoms with van der Waals surface area (Å²) in [5.41, 5.74) is 4.07. The second-order valence-corrected chi connectivity index (χ2v) is 8.80. The van der Waals surface area contributed by atoms with E-state index in [2.05, 4.69) is 40.3 Å². The quantitative estimate of drug-likeness (QED) is 0.233. The Kier molecular flexibility index (Phi) is 6.08. The monoisotopic (exact) mass is 470 g/mol. The van der Waals surface area contributed by atoms with Crippen molar-refractivity contribution < 1.29 is 4.79 Å². The molecule has 0 saturated heterocycles. The summed E-state index contributed by atoms with van der Waals surface area (Å²) in [6, 6.07) is 20.3. The smallest absolute Gasteiger partial charge is 0.163 e. The third kappa shape index (κ3) is 4.22. The van der Waals surface area contributed by atoms with Gasteiger partial charge >= 0.3 is 0 Å². The van der Waals surface area contributed by atoms with Crippen LogP contribution in [0.2, 0.25) is 10.0 Å². The van der Waals surface area contributed by atoms with Gasteiger partial charge in [0.15, 0.2) is 5.78 Å². The largest absolute Gasteiger partial charge is 0.294 e. The summed E-state index contributed by atoms with van der Waals surface area (Å²) < 4.78 is 0. The molecule has 0 atom stereocenters. The van der Waals surface area contributed by atoms with Crippen molar-refractivity contribution in [1.29, 1.82) is 0 Å². The molecule has 3 nitrogen and oxygen atoms in total. The van der Waals surface area contributed by atoms with Crippen molar-refractivity contribution in [2.75, 3.05) is 0 Å². The molecule has 1 aliphatic carbocycles. The number of carbonyl (C=O) groups excluding carboxylic acids is 1. The minimum Gasteiger partial charge on any atom is -0.294 e. The third-order valence-corrected chi connectivity index (χ3v) is 6.53. The van der Waals surface area contributed by atoms with Gasteiger partial charge in [0.2, 0.25) is 0 Å². The van der Waals surface area contributed by atoms with E-state index in [0.29, 0.717) is 16.5 Å². The van der Waals surface area contributed by atoms with Crippen LogP contribution in [0.15, 0.2) is 85.5 Å². The molecule has 0 spiro atoms. The maximum atomic E-state index is 12.4. The van der Waals surface area contributed by atoms with E-state index in [1.807, 2.05) is 24.3 Å². The molecular weight excluding hydrogens is 451 g/mol. The van der Waals surface area contributed by atoms with Gasteiger partial charge in [-0.25, -0.2) is 0 Å². The highest BCUT2D eigenvalue weighted by atomic mass is 35.5. The maximum absolute atomic E-state index is 12.4. The molecule has 5 heteroatoms. The molecule has 0 saturated carbocycles. The fourth-order valence-corrected chi connectivity index (χ4v) is 5.02. The summed E-state index contributed by atoms with van der Waals surface area (Å²) in [5, 5.41) is 5.92. The summed E-state index contributed by atoms with van der Waals surface area (Å²) in [5.74, 6) is 0.248. The number of fused-ring (bicyclic) bond motifs is 5. The maximum Gasteiger partial charge on any atom is 0.163 e. The van der Waals surface area contributed by atoms with Crippen LogP contribution in [0.25, 0.3) is 32.7 Å². The van der Waals surface area contributed by atoms with E-state index in [0.717, 1.165) is 40.3 Å². The lowest BCUT2D eigenvalue weighted by molar-refractivity contribution is 0.0973. The Bertz CT molecular complexity index is 1460. The number of nitrogens with zero attached hydrogens (tertiary/aromatic N) is 2. The number of carbonyl (C=O) groups is 1. The lowest BCUT2D eigenvalue weighted by Crippen LogP contribution is -2.11. The number of ketones is 1. The second kappa shape index (κ2) is 9.30. The van der Waals surface area contributed by atoms with Gasteiger partial charge in [0.25, 0.3) is 0 Å². The Morgan fingerprint density at radius 1 is 0.636 bits per heavy atom. The van der Waals surface area contributed by atoms with E-state index in [1.165, 1.54) is 16.3 Å². The van der Waals surface area contributed by atoms with Gasteiger partial charge in [-0.2, -0.15) is 0 Å². The molecule has 5 aromatic rings. The highest BCUT2D eigenvalue weighted by Crippen LogP contribution is 2.41. The van der Waals surface area contributed by atoms with Crippen LogP contribution in [-0.4, -0.2) is 15.8 Å². The molecule has 162 valence electrons. The van der Waals surface area contributed by atoms with E-state index in [1.54, 1.807) is 30.9 Å². The van der Waals surface area contributed by atoms with Crippen LogP contribution in [0.3, 0.4) is 0 Å². The summed E-state index contributed by atoms with van der Waals surface area (Å²) in [6.07, 6.45) is 9.04. The summed E-state index contributed by atoms with van der Waals surface area (Å²) in [6.45, 7) is 0. The third-order valence-electron chi connectivity index (χ3n) is 5.98. The van der Waals surface area contributed by atoms with Gasteiger partial charge in [-0.3, -0.25) is 14.8 Å². The van der Waals surface area contributed by atoms with Gasteiger partial charge in [-0.15, -0.1) is 0 Å². The van der Waals surface area contributed by atoms with Gasteiger partial charge in [0.05, 0.1) is 0 Å². The molecule has 0 bridgehead atoms. The molecule has 0 amide bonds. The van der Waals surface area contributed by atoms with Crippen LogP contribution < -0.4 is 0 Å². The zero-order valence-electron chi connectivity index (χ0n) is 17.8. The Balaban J connectivity index is 0.000000332. The predicted molar refractivity (Wildman–Crippen MR) is 136 cm³/mol. The van der Waals surface area contributed by atoms with Crippen LogP contribution in [0.4, 0.5) is 0 Å². The van der Waals surface area contributed by atoms with Gasteiger partial charge in [0, 0.05) is 52.4 Å². The van der Waals surface area contributed by atoms with Gasteiger partial charge in [-0.05, 0) is 63.7 Å². The van der Waals surface area contributed by atoms with Crippen LogP contribution in [0, 0.1) is 0 Å². The van der Waals surface area contributed by atoms with Crippen molar-refractivity contribution in [2.45, 2.75) is 19.3 Å². The minimum absolute atomic E-state index is 0.248. The number of aromatic nitrogens is 2. The fourth-order valence-electron chi connectivity index (χ4n) is 4.51. The molecule has 33 heavy (non-hydrogen) atoms. The molecule has 1 aliphatic rings.